The van der Waals surface area contributed by atoms with Crippen LogP contribution >= 0.6 is 10.4 Å². The van der Waals surface area contributed by atoms with E-state index in [1.807, 2.05) is 6.92 Å². The van der Waals surface area contributed by atoms with E-state index in [-0.39, 0.29) is 0 Å². The molecule has 0 aliphatic carbocycles. The molecule has 50 valence electrons. The third-order valence-corrected chi connectivity index (χ3v) is 2.85. The van der Waals surface area contributed by atoms with Gasteiger partial charge in [-0.2, -0.15) is 3.89 Å². The minimum absolute atomic E-state index is 0.663. The molecular weight excluding hydrogens is 123 g/mol. The highest BCUT2D eigenvalue weighted by molar-refractivity contribution is 8.31. The van der Waals surface area contributed by atoms with Crippen LogP contribution in [0.1, 0.15) is 13.3 Å². The Morgan fingerprint density at radius 1 is 1.75 bits per heavy atom. The SMILES string of the molecule is C=CS(C)(F)CCC. The van der Waals surface area contributed by atoms with Crippen molar-refractivity contribution in [1.82, 2.24) is 0 Å². The molecule has 0 radical (unpaired) electrons. The van der Waals surface area contributed by atoms with Crippen molar-refractivity contribution in [1.29, 1.82) is 0 Å². The van der Waals surface area contributed by atoms with E-state index in [4.69, 9.17) is 0 Å². The highest BCUT2D eigenvalue weighted by Gasteiger charge is 2.07. The van der Waals surface area contributed by atoms with Crippen LogP contribution in [0, 0.1) is 0 Å². The highest BCUT2D eigenvalue weighted by Crippen LogP contribution is 2.46. The van der Waals surface area contributed by atoms with Gasteiger partial charge >= 0.3 is 0 Å². The van der Waals surface area contributed by atoms with Crippen molar-refractivity contribution in [2.24, 2.45) is 0 Å². The van der Waals surface area contributed by atoms with Gasteiger partial charge in [0.2, 0.25) is 0 Å². The Bertz CT molecular complexity index is 78.6. The second-order valence-corrected chi connectivity index (χ2v) is 4.74. The summed E-state index contributed by atoms with van der Waals surface area (Å²) in [5.74, 6) is 0.663. The third-order valence-electron chi connectivity index (χ3n) is 0.951. The van der Waals surface area contributed by atoms with Gasteiger partial charge in [-0.05, 0) is 18.1 Å². The van der Waals surface area contributed by atoms with Crippen molar-refractivity contribution >= 4 is 10.4 Å². The molecule has 2 heteroatoms. The zero-order chi connectivity index (χ0) is 6.62. The van der Waals surface area contributed by atoms with Gasteiger partial charge in [0, 0.05) is 5.75 Å². The summed E-state index contributed by atoms with van der Waals surface area (Å²) >= 11 is 0. The lowest BCUT2D eigenvalue weighted by Crippen LogP contribution is -1.89. The Morgan fingerprint density at radius 3 is 2.38 bits per heavy atom. The quantitative estimate of drug-likeness (QED) is 0.559. The molecule has 0 aliphatic heterocycles. The second-order valence-electron chi connectivity index (χ2n) is 1.91. The van der Waals surface area contributed by atoms with Gasteiger partial charge in [-0.15, -0.1) is 0 Å². The fourth-order valence-electron chi connectivity index (χ4n) is 0.482. The van der Waals surface area contributed by atoms with Crippen molar-refractivity contribution in [3.8, 4) is 0 Å². The first-order valence-electron chi connectivity index (χ1n) is 2.70. The molecule has 0 heterocycles. The minimum Gasteiger partial charge on any atom is -0.186 e. The van der Waals surface area contributed by atoms with Crippen LogP contribution in [-0.2, 0) is 0 Å². The Kier molecular flexibility index (Phi) is 3.13. The van der Waals surface area contributed by atoms with E-state index in [9.17, 15) is 3.89 Å². The van der Waals surface area contributed by atoms with Gasteiger partial charge in [0.15, 0.2) is 0 Å². The number of hydrogen-bond donors (Lipinski definition) is 0. The van der Waals surface area contributed by atoms with Crippen LogP contribution in [0.2, 0.25) is 0 Å². The summed E-state index contributed by atoms with van der Waals surface area (Å²) in [7, 11) is -1.91. The molecule has 0 amide bonds. The van der Waals surface area contributed by atoms with E-state index in [0.29, 0.717) is 5.75 Å². The molecule has 1 atom stereocenters. The maximum Gasteiger partial charge on any atom is 0.00666 e. The number of halogens is 1. The number of hydrogen-bond acceptors (Lipinski definition) is 0. The van der Waals surface area contributed by atoms with Gasteiger partial charge in [0.05, 0.1) is 0 Å². The molecule has 0 fully saturated rings. The van der Waals surface area contributed by atoms with E-state index < -0.39 is 10.4 Å². The molecule has 0 saturated carbocycles. The number of rotatable bonds is 3. The molecule has 0 aromatic rings. The molecule has 8 heavy (non-hydrogen) atoms. The fourth-order valence-corrected chi connectivity index (χ4v) is 1.45. The van der Waals surface area contributed by atoms with Crippen molar-refractivity contribution in [2.45, 2.75) is 13.3 Å². The molecule has 0 aromatic heterocycles. The molecule has 0 nitrogen and oxygen atoms in total. The largest absolute Gasteiger partial charge is 0.186 e. The molecule has 0 spiro atoms. The van der Waals surface area contributed by atoms with Gasteiger partial charge in [0.25, 0.3) is 0 Å². The predicted molar refractivity (Wildman–Crippen MR) is 40.0 cm³/mol. The van der Waals surface area contributed by atoms with Crippen LogP contribution in [0.4, 0.5) is 3.89 Å². The van der Waals surface area contributed by atoms with E-state index in [0.717, 1.165) is 6.42 Å². The summed E-state index contributed by atoms with van der Waals surface area (Å²) < 4.78 is 12.8. The van der Waals surface area contributed by atoms with Gasteiger partial charge in [0.1, 0.15) is 0 Å². The molecule has 0 aromatic carbocycles. The Hall–Kier alpha value is 0.0200. The maximum atomic E-state index is 12.8. The minimum atomic E-state index is -1.91. The predicted octanol–water partition coefficient (Wildman–Crippen LogP) is 2.86. The topological polar surface area (TPSA) is 0 Å². The standard InChI is InChI=1S/C6H13FS/c1-4-6-8(3,7)5-2/h5H,2,4,6H2,1,3H3. The second kappa shape index (κ2) is 3.13. The van der Waals surface area contributed by atoms with E-state index in [1.165, 1.54) is 5.41 Å². The van der Waals surface area contributed by atoms with E-state index in [1.54, 1.807) is 6.26 Å². The van der Waals surface area contributed by atoms with Crippen LogP contribution in [0.5, 0.6) is 0 Å². The monoisotopic (exact) mass is 136 g/mol. The first kappa shape index (κ1) is 8.02. The average Bonchev–Trinajstić information content (AvgIpc) is 1.67. The first-order chi connectivity index (χ1) is 3.62. The lowest BCUT2D eigenvalue weighted by molar-refractivity contribution is 0.891. The molecule has 0 saturated heterocycles. The van der Waals surface area contributed by atoms with Crippen LogP contribution in [0.15, 0.2) is 12.0 Å². The molecule has 0 aliphatic rings. The Labute approximate surface area is 52.4 Å². The molecule has 0 bridgehead atoms. The van der Waals surface area contributed by atoms with Crippen molar-refractivity contribution in [3.05, 3.63) is 12.0 Å². The first-order valence-corrected chi connectivity index (χ1v) is 4.88. The molecular formula is C6H13FS. The molecule has 1 unspecified atom stereocenters. The Morgan fingerprint density at radius 2 is 2.25 bits per heavy atom. The van der Waals surface area contributed by atoms with Crippen molar-refractivity contribution in [3.63, 3.8) is 0 Å². The van der Waals surface area contributed by atoms with E-state index >= 15 is 0 Å². The van der Waals surface area contributed by atoms with Gasteiger partial charge in [-0.1, -0.05) is 23.9 Å². The molecule has 0 rings (SSSR count). The lowest BCUT2D eigenvalue weighted by Gasteiger charge is -2.18. The zero-order valence-electron chi connectivity index (χ0n) is 5.48. The summed E-state index contributed by atoms with van der Waals surface area (Å²) in [6.45, 7) is 5.39. The van der Waals surface area contributed by atoms with Crippen LogP contribution in [-0.4, -0.2) is 12.0 Å². The van der Waals surface area contributed by atoms with Crippen molar-refractivity contribution in [2.75, 3.05) is 12.0 Å². The van der Waals surface area contributed by atoms with Gasteiger partial charge in [-0.25, -0.2) is 0 Å². The third kappa shape index (κ3) is 3.08. The lowest BCUT2D eigenvalue weighted by atomic mass is 10.6. The van der Waals surface area contributed by atoms with Crippen LogP contribution in [0.25, 0.3) is 0 Å². The summed E-state index contributed by atoms with van der Waals surface area (Å²) in [6, 6.07) is 0. The maximum absolute atomic E-state index is 12.8. The summed E-state index contributed by atoms with van der Waals surface area (Å²) in [5, 5.41) is 1.44. The normalized spacial score (nSPS) is 21.4. The van der Waals surface area contributed by atoms with Crippen LogP contribution < -0.4 is 0 Å². The summed E-state index contributed by atoms with van der Waals surface area (Å²) in [5.41, 5.74) is 0. The zero-order valence-corrected chi connectivity index (χ0v) is 6.30. The summed E-state index contributed by atoms with van der Waals surface area (Å²) in [4.78, 5) is 0. The van der Waals surface area contributed by atoms with Crippen molar-refractivity contribution < 1.29 is 3.89 Å². The smallest absolute Gasteiger partial charge is 0.00666 e. The fraction of sp³-hybridized carbons (Fsp3) is 0.667. The van der Waals surface area contributed by atoms with E-state index in [2.05, 4.69) is 6.58 Å². The van der Waals surface area contributed by atoms with Crippen LogP contribution in [0.3, 0.4) is 0 Å². The average molecular weight is 136 g/mol. The van der Waals surface area contributed by atoms with Gasteiger partial charge in [-0.3, -0.25) is 0 Å². The van der Waals surface area contributed by atoms with Gasteiger partial charge < -0.3 is 0 Å². The summed E-state index contributed by atoms with van der Waals surface area (Å²) in [6.07, 6.45) is 2.54. The Balaban J connectivity index is 3.53. The highest BCUT2D eigenvalue weighted by atomic mass is 32.3. The molecule has 0 N–H and O–H groups in total.